The minimum atomic E-state index is -2.26. The second-order valence-electron chi connectivity index (χ2n) is 19.3. The zero-order valence-electron chi connectivity index (χ0n) is 37.1. The second-order valence-corrected chi connectivity index (χ2v) is 24.9. The summed E-state index contributed by atoms with van der Waals surface area (Å²) in [4.78, 5) is 33.3. The number of anilines is 1. The van der Waals surface area contributed by atoms with Crippen LogP contribution in [0, 0.1) is 23.1 Å². The quantitative estimate of drug-likeness (QED) is 0.122. The second kappa shape index (κ2) is 16.5. The molecule has 0 N–H and O–H groups in total. The van der Waals surface area contributed by atoms with E-state index < -0.39 is 43.1 Å². The Hall–Kier alpha value is -4.41. The molecule has 2 aromatic heterocycles. The highest BCUT2D eigenvalue weighted by Gasteiger charge is 2.49. The van der Waals surface area contributed by atoms with E-state index in [9.17, 15) is 9.18 Å². The molecule has 322 valence electrons. The van der Waals surface area contributed by atoms with Gasteiger partial charge in [0, 0.05) is 55.8 Å². The number of ether oxygens (including phenoxy) is 2. The molecule has 7 rings (SSSR count). The van der Waals surface area contributed by atoms with E-state index in [1.165, 1.54) is 6.07 Å². The van der Waals surface area contributed by atoms with E-state index in [0.29, 0.717) is 70.1 Å². The van der Waals surface area contributed by atoms with Gasteiger partial charge in [-0.15, -0.1) is 5.54 Å². The van der Waals surface area contributed by atoms with E-state index >= 15 is 8.78 Å². The molecular weight excluding hydrogens is 782 g/mol. The molecule has 3 aliphatic rings. The van der Waals surface area contributed by atoms with Gasteiger partial charge in [-0.05, 0) is 81.6 Å². The van der Waals surface area contributed by atoms with E-state index in [1.807, 2.05) is 51.8 Å². The lowest BCUT2D eigenvalue weighted by atomic mass is 9.95. The standard InChI is InChI=1S/C47H61F3N6O3Si/c1-28(2)60(29(3)4,30(5)6)21-18-35-38(49)17-16-32-14-12-15-36(39(32)35)41-40(50)42-37(24-51-41)43(54(11)34-22-31(7)56(26-34)45(57)59-46(8,9)10)53-44(52-42)58-27-47-19-13-20-55(47)25-33(48)23-47/h12,14-17,24,28-31,33-34H,13,19-20,22-23,25-27H2,1-11H3/t31-,33-,34-,47+/m1/s1. The van der Waals surface area contributed by atoms with Gasteiger partial charge in [0.25, 0.3) is 0 Å². The Bertz CT molecular complexity index is 2320. The number of likely N-dealkylation sites (N-methyl/N-ethyl adjacent to an activating group) is 1. The van der Waals surface area contributed by atoms with Crippen LogP contribution in [-0.4, -0.2) is 102 Å². The van der Waals surface area contributed by atoms with Crippen LogP contribution < -0.4 is 9.64 Å². The molecule has 5 heterocycles. The molecular formula is C47H61F3N6O3Si. The maximum atomic E-state index is 17.5. The van der Waals surface area contributed by atoms with Crippen molar-refractivity contribution >= 4 is 41.7 Å². The highest BCUT2D eigenvalue weighted by Crippen LogP contribution is 2.43. The number of amides is 1. The summed E-state index contributed by atoms with van der Waals surface area (Å²) in [5, 5.41) is 1.56. The van der Waals surface area contributed by atoms with Gasteiger partial charge in [0.2, 0.25) is 0 Å². The Morgan fingerprint density at radius 3 is 2.45 bits per heavy atom. The van der Waals surface area contributed by atoms with Crippen LogP contribution in [0.3, 0.4) is 0 Å². The van der Waals surface area contributed by atoms with E-state index in [1.54, 1.807) is 23.2 Å². The van der Waals surface area contributed by atoms with Gasteiger partial charge in [-0.1, -0.05) is 71.7 Å². The third kappa shape index (κ3) is 7.94. The number of hydrogen-bond acceptors (Lipinski definition) is 8. The first-order chi connectivity index (χ1) is 28.3. The molecule has 0 bridgehead atoms. The van der Waals surface area contributed by atoms with Crippen molar-refractivity contribution in [3.63, 3.8) is 0 Å². The van der Waals surface area contributed by atoms with Crippen LogP contribution in [0.2, 0.25) is 16.6 Å². The lowest BCUT2D eigenvalue weighted by Gasteiger charge is -2.38. The first-order valence-corrected chi connectivity index (χ1v) is 23.8. The fourth-order valence-electron chi connectivity index (χ4n) is 10.5. The van der Waals surface area contributed by atoms with E-state index in [4.69, 9.17) is 24.4 Å². The highest BCUT2D eigenvalue weighted by molar-refractivity contribution is 6.90. The Morgan fingerprint density at radius 2 is 1.77 bits per heavy atom. The molecule has 13 heteroatoms. The Kier molecular flexibility index (Phi) is 12.0. The normalized spacial score (nSPS) is 22.3. The molecule has 3 aliphatic heterocycles. The lowest BCUT2D eigenvalue weighted by molar-refractivity contribution is 0.0237. The summed E-state index contributed by atoms with van der Waals surface area (Å²) in [6.45, 7) is 22.4. The molecule has 0 saturated carbocycles. The fourth-order valence-corrected chi connectivity index (χ4v) is 15.7. The zero-order chi connectivity index (χ0) is 43.5. The van der Waals surface area contributed by atoms with Crippen LogP contribution in [0.5, 0.6) is 6.01 Å². The third-order valence-corrected chi connectivity index (χ3v) is 19.7. The summed E-state index contributed by atoms with van der Waals surface area (Å²) in [6, 6.07) is 8.19. The van der Waals surface area contributed by atoms with Crippen LogP contribution in [-0.2, 0) is 4.74 Å². The maximum absolute atomic E-state index is 17.5. The summed E-state index contributed by atoms with van der Waals surface area (Å²) in [5.74, 6) is 2.54. The van der Waals surface area contributed by atoms with Gasteiger partial charge >= 0.3 is 12.1 Å². The summed E-state index contributed by atoms with van der Waals surface area (Å²) < 4.78 is 60.5. The van der Waals surface area contributed by atoms with Crippen molar-refractivity contribution in [2.75, 3.05) is 38.2 Å². The minimum Gasteiger partial charge on any atom is -0.461 e. The van der Waals surface area contributed by atoms with Crippen LogP contribution in [0.4, 0.5) is 23.8 Å². The van der Waals surface area contributed by atoms with E-state index in [-0.39, 0.29) is 41.5 Å². The zero-order valence-corrected chi connectivity index (χ0v) is 38.1. The van der Waals surface area contributed by atoms with Crippen molar-refractivity contribution in [1.29, 1.82) is 0 Å². The maximum Gasteiger partial charge on any atom is 0.410 e. The van der Waals surface area contributed by atoms with Gasteiger partial charge in [0.05, 0.1) is 16.5 Å². The number of halogens is 3. The molecule has 0 spiro atoms. The molecule has 2 aromatic carbocycles. The molecule has 0 unspecified atom stereocenters. The van der Waals surface area contributed by atoms with Crippen molar-refractivity contribution < 1.29 is 27.4 Å². The lowest BCUT2D eigenvalue weighted by Crippen LogP contribution is -2.43. The number of alkyl halides is 1. The van der Waals surface area contributed by atoms with Gasteiger partial charge in [-0.3, -0.25) is 9.88 Å². The number of rotatable bonds is 9. The number of carbonyl (C=O) groups excluding carboxylic acids is 1. The number of carbonyl (C=O) groups is 1. The number of pyridine rings is 1. The van der Waals surface area contributed by atoms with Gasteiger partial charge < -0.3 is 19.3 Å². The molecule has 3 fully saturated rings. The number of hydrogen-bond donors (Lipinski definition) is 0. The molecule has 0 aliphatic carbocycles. The van der Waals surface area contributed by atoms with Crippen molar-refractivity contribution in [1.82, 2.24) is 24.8 Å². The molecule has 0 radical (unpaired) electrons. The summed E-state index contributed by atoms with van der Waals surface area (Å²) in [7, 11) is -0.397. The smallest absolute Gasteiger partial charge is 0.410 e. The van der Waals surface area contributed by atoms with E-state index in [2.05, 4.69) is 57.9 Å². The van der Waals surface area contributed by atoms with Crippen molar-refractivity contribution in [3.05, 3.63) is 53.7 Å². The average molecular weight is 843 g/mol. The Labute approximate surface area is 354 Å². The molecule has 4 atom stereocenters. The van der Waals surface area contributed by atoms with Crippen LogP contribution >= 0.6 is 0 Å². The first kappa shape index (κ1) is 43.7. The summed E-state index contributed by atoms with van der Waals surface area (Å²) in [5.41, 5.74) is 4.16. The number of nitrogens with zero attached hydrogens (tertiary/aromatic N) is 6. The Balaban J connectivity index is 1.36. The summed E-state index contributed by atoms with van der Waals surface area (Å²) >= 11 is 0. The van der Waals surface area contributed by atoms with Gasteiger partial charge in [-0.2, -0.15) is 9.97 Å². The molecule has 1 amide bonds. The van der Waals surface area contributed by atoms with Gasteiger partial charge in [0.15, 0.2) is 5.82 Å². The molecule has 4 aromatic rings. The molecule has 60 heavy (non-hydrogen) atoms. The largest absolute Gasteiger partial charge is 0.461 e. The molecule has 3 saturated heterocycles. The van der Waals surface area contributed by atoms with Crippen molar-refractivity contribution in [2.24, 2.45) is 0 Å². The highest BCUT2D eigenvalue weighted by atomic mass is 28.3. The fraction of sp³-hybridized carbons (Fsp3) is 0.574. The van der Waals surface area contributed by atoms with E-state index in [0.717, 1.165) is 19.4 Å². The summed E-state index contributed by atoms with van der Waals surface area (Å²) in [6.07, 6.45) is 2.91. The topological polar surface area (TPSA) is 83.9 Å². The SMILES string of the molecule is CC(C)[Si](C#Cc1c(F)ccc2cccc(-c3ncc4c(N(C)[C@@H]5C[C@@H](C)N(C(=O)OC(C)(C)C)C5)nc(OC[C@@]56CCCN5C[C@H](F)C6)nc4c3F)c12)(C(C)C)C(C)C. The number of aromatic nitrogens is 3. The number of likely N-dealkylation sites (tertiary alicyclic amines) is 1. The van der Waals surface area contributed by atoms with Gasteiger partial charge in [-0.25, -0.2) is 18.0 Å². The van der Waals surface area contributed by atoms with Crippen molar-refractivity contribution in [2.45, 2.75) is 141 Å². The van der Waals surface area contributed by atoms with Crippen LogP contribution in [0.25, 0.3) is 32.9 Å². The first-order valence-electron chi connectivity index (χ1n) is 21.6. The van der Waals surface area contributed by atoms with Gasteiger partial charge in [0.1, 0.15) is 49.3 Å². The predicted octanol–water partition coefficient (Wildman–Crippen LogP) is 10.5. The Morgan fingerprint density at radius 1 is 1.05 bits per heavy atom. The monoisotopic (exact) mass is 842 g/mol. The minimum absolute atomic E-state index is 0.00213. The number of fused-ring (bicyclic) bond motifs is 3. The molecule has 9 nitrogen and oxygen atoms in total. The van der Waals surface area contributed by atoms with Crippen LogP contribution in [0.1, 0.15) is 100 Å². The van der Waals surface area contributed by atoms with Crippen molar-refractivity contribution in [3.8, 4) is 28.7 Å². The third-order valence-electron chi connectivity index (χ3n) is 13.5. The number of benzene rings is 2. The average Bonchev–Trinajstić information content (AvgIpc) is 3.84. The van der Waals surface area contributed by atoms with Crippen LogP contribution in [0.15, 0.2) is 36.5 Å². The predicted molar refractivity (Wildman–Crippen MR) is 236 cm³/mol.